The number of piperidine rings is 1. The Labute approximate surface area is 121 Å². The summed E-state index contributed by atoms with van der Waals surface area (Å²) in [4.78, 5) is 4.54. The maximum absolute atomic E-state index is 6.12. The molecule has 3 nitrogen and oxygen atoms in total. The Bertz CT molecular complexity index is 433. The van der Waals surface area contributed by atoms with Gasteiger partial charge in [-0.05, 0) is 45.0 Å². The molecule has 1 saturated heterocycles. The van der Waals surface area contributed by atoms with Crippen LogP contribution in [-0.2, 0) is 0 Å². The molecule has 19 heavy (non-hydrogen) atoms. The summed E-state index contributed by atoms with van der Waals surface area (Å²) in [6.45, 7) is 3.44. The summed E-state index contributed by atoms with van der Waals surface area (Å²) in [5, 5.41) is 4.46. The Morgan fingerprint density at radius 1 is 1.37 bits per heavy atom. The number of hydrogen-bond acceptors (Lipinski definition) is 3. The zero-order valence-corrected chi connectivity index (χ0v) is 13.0. The number of likely N-dealkylation sites (tertiary alicyclic amines) is 1. The molecule has 1 aromatic rings. The lowest BCUT2D eigenvalue weighted by Gasteiger charge is -2.36. The number of halogens is 1. The number of nitrogens with zero attached hydrogens (tertiary/aromatic N) is 2. The van der Waals surface area contributed by atoms with Crippen LogP contribution < -0.4 is 10.2 Å². The number of anilines is 2. The van der Waals surface area contributed by atoms with E-state index >= 15 is 0 Å². The molecule has 0 amide bonds. The van der Waals surface area contributed by atoms with Gasteiger partial charge in [0.05, 0.1) is 11.4 Å². The fraction of sp³-hybridized carbons (Fsp3) is 0.600. The van der Waals surface area contributed by atoms with Crippen LogP contribution in [0.4, 0.5) is 11.4 Å². The second-order valence-corrected chi connectivity index (χ2v) is 6.19. The van der Waals surface area contributed by atoms with Crippen LogP contribution in [-0.4, -0.2) is 44.7 Å². The van der Waals surface area contributed by atoms with Crippen molar-refractivity contribution in [2.45, 2.75) is 31.8 Å². The predicted molar refractivity (Wildman–Crippen MR) is 84.5 cm³/mol. The molecule has 1 N–H and O–H groups in total. The maximum Gasteiger partial charge on any atom is 0.0597 e. The summed E-state index contributed by atoms with van der Waals surface area (Å²) in [5.74, 6) is 0. The largest absolute Gasteiger partial charge is 0.380 e. The van der Waals surface area contributed by atoms with Gasteiger partial charge < -0.3 is 15.1 Å². The molecule has 2 unspecified atom stereocenters. The lowest BCUT2D eigenvalue weighted by atomic mass is 9.98. The zero-order valence-electron chi connectivity index (χ0n) is 12.3. The SMILES string of the molecule is CC1CC(Nc2cc(Cl)ccc2N(C)C)CCN1C. The summed E-state index contributed by atoms with van der Waals surface area (Å²) in [5.41, 5.74) is 2.33. The molecule has 0 radical (unpaired) electrons. The van der Waals surface area contributed by atoms with Crippen LogP contribution >= 0.6 is 11.6 Å². The van der Waals surface area contributed by atoms with Crippen LogP contribution in [0.5, 0.6) is 0 Å². The monoisotopic (exact) mass is 281 g/mol. The van der Waals surface area contributed by atoms with Crippen LogP contribution in [0.15, 0.2) is 18.2 Å². The molecule has 4 heteroatoms. The quantitative estimate of drug-likeness (QED) is 0.917. The van der Waals surface area contributed by atoms with Crippen LogP contribution in [0.2, 0.25) is 5.02 Å². The minimum atomic E-state index is 0.531. The summed E-state index contributed by atoms with van der Waals surface area (Å²) >= 11 is 6.12. The van der Waals surface area contributed by atoms with Crippen molar-refractivity contribution in [2.75, 3.05) is 37.9 Å². The predicted octanol–water partition coefficient (Wildman–Crippen LogP) is 3.30. The van der Waals surface area contributed by atoms with E-state index < -0.39 is 0 Å². The second-order valence-electron chi connectivity index (χ2n) is 5.75. The molecular formula is C15H24ClN3. The van der Waals surface area contributed by atoms with E-state index in [0.717, 1.165) is 17.3 Å². The van der Waals surface area contributed by atoms with Gasteiger partial charge in [0.15, 0.2) is 0 Å². The molecule has 0 spiro atoms. The molecule has 0 aliphatic carbocycles. The Morgan fingerprint density at radius 3 is 2.74 bits per heavy atom. The number of nitrogens with one attached hydrogen (secondary N) is 1. The molecule has 0 bridgehead atoms. The van der Waals surface area contributed by atoms with Crippen LogP contribution in [0.1, 0.15) is 19.8 Å². The highest BCUT2D eigenvalue weighted by Gasteiger charge is 2.23. The normalized spacial score (nSPS) is 24.3. The van der Waals surface area contributed by atoms with E-state index in [2.05, 4.69) is 49.2 Å². The number of hydrogen-bond donors (Lipinski definition) is 1. The van der Waals surface area contributed by atoms with E-state index in [1.54, 1.807) is 0 Å². The molecule has 1 aromatic carbocycles. The molecule has 106 valence electrons. The molecule has 2 atom stereocenters. The Morgan fingerprint density at radius 2 is 2.11 bits per heavy atom. The van der Waals surface area contributed by atoms with E-state index in [9.17, 15) is 0 Å². The lowest BCUT2D eigenvalue weighted by molar-refractivity contribution is 0.190. The highest BCUT2D eigenvalue weighted by atomic mass is 35.5. The fourth-order valence-electron chi connectivity index (χ4n) is 2.65. The highest BCUT2D eigenvalue weighted by molar-refractivity contribution is 6.31. The molecule has 1 fully saturated rings. The van der Waals surface area contributed by atoms with Crippen molar-refractivity contribution >= 4 is 23.0 Å². The van der Waals surface area contributed by atoms with E-state index in [1.807, 2.05) is 12.1 Å². The number of benzene rings is 1. The average molecular weight is 282 g/mol. The first-order valence-electron chi connectivity index (χ1n) is 6.91. The summed E-state index contributed by atoms with van der Waals surface area (Å²) in [7, 11) is 6.32. The van der Waals surface area contributed by atoms with Crippen molar-refractivity contribution in [1.29, 1.82) is 0 Å². The van der Waals surface area contributed by atoms with Crippen LogP contribution in [0.3, 0.4) is 0 Å². The summed E-state index contributed by atoms with van der Waals surface area (Å²) in [6.07, 6.45) is 2.36. The van der Waals surface area contributed by atoms with E-state index in [4.69, 9.17) is 11.6 Å². The smallest absolute Gasteiger partial charge is 0.0597 e. The first kappa shape index (κ1) is 14.5. The molecule has 0 saturated carbocycles. The molecule has 1 aliphatic rings. The van der Waals surface area contributed by atoms with E-state index in [0.29, 0.717) is 12.1 Å². The van der Waals surface area contributed by atoms with Gasteiger partial charge in [-0.3, -0.25) is 0 Å². The van der Waals surface area contributed by atoms with Crippen molar-refractivity contribution in [2.24, 2.45) is 0 Å². The van der Waals surface area contributed by atoms with E-state index in [1.165, 1.54) is 18.5 Å². The first-order chi connectivity index (χ1) is 8.97. The van der Waals surface area contributed by atoms with E-state index in [-0.39, 0.29) is 0 Å². The van der Waals surface area contributed by atoms with Crippen LogP contribution in [0.25, 0.3) is 0 Å². The van der Waals surface area contributed by atoms with Crippen molar-refractivity contribution < 1.29 is 0 Å². The van der Waals surface area contributed by atoms with Gasteiger partial charge in [-0.15, -0.1) is 0 Å². The van der Waals surface area contributed by atoms with Crippen molar-refractivity contribution in [3.63, 3.8) is 0 Å². The van der Waals surface area contributed by atoms with Gasteiger partial charge in [-0.2, -0.15) is 0 Å². The number of rotatable bonds is 3. The Hall–Kier alpha value is -0.930. The molecule has 1 aliphatic heterocycles. The van der Waals surface area contributed by atoms with Gasteiger partial charge in [-0.1, -0.05) is 11.6 Å². The summed E-state index contributed by atoms with van der Waals surface area (Å²) in [6, 6.07) is 7.21. The minimum Gasteiger partial charge on any atom is -0.380 e. The highest BCUT2D eigenvalue weighted by Crippen LogP contribution is 2.30. The third-order valence-electron chi connectivity index (χ3n) is 4.01. The topological polar surface area (TPSA) is 18.5 Å². The second kappa shape index (κ2) is 6.02. The van der Waals surface area contributed by atoms with Gasteiger partial charge >= 0.3 is 0 Å². The average Bonchev–Trinajstić information content (AvgIpc) is 2.33. The molecule has 1 heterocycles. The van der Waals surface area contributed by atoms with Gasteiger partial charge in [0, 0.05) is 37.7 Å². The molecule has 2 rings (SSSR count). The Kier molecular flexibility index (Phi) is 4.58. The molecule has 0 aromatic heterocycles. The zero-order chi connectivity index (χ0) is 14.0. The van der Waals surface area contributed by atoms with Gasteiger partial charge in [0.2, 0.25) is 0 Å². The van der Waals surface area contributed by atoms with Crippen LogP contribution in [0, 0.1) is 0 Å². The van der Waals surface area contributed by atoms with Gasteiger partial charge in [-0.25, -0.2) is 0 Å². The van der Waals surface area contributed by atoms with Gasteiger partial charge in [0.1, 0.15) is 0 Å². The van der Waals surface area contributed by atoms with Crippen molar-refractivity contribution in [1.82, 2.24) is 4.90 Å². The van der Waals surface area contributed by atoms with Crippen molar-refractivity contribution in [3.8, 4) is 0 Å². The Balaban J connectivity index is 2.12. The fourth-order valence-corrected chi connectivity index (χ4v) is 2.83. The minimum absolute atomic E-state index is 0.531. The summed E-state index contributed by atoms with van der Waals surface area (Å²) < 4.78 is 0. The maximum atomic E-state index is 6.12. The van der Waals surface area contributed by atoms with Gasteiger partial charge in [0.25, 0.3) is 0 Å². The third kappa shape index (κ3) is 3.54. The first-order valence-corrected chi connectivity index (χ1v) is 7.29. The lowest BCUT2D eigenvalue weighted by Crippen LogP contribution is -2.42. The van der Waals surface area contributed by atoms with Crippen molar-refractivity contribution in [3.05, 3.63) is 23.2 Å². The third-order valence-corrected chi connectivity index (χ3v) is 4.24. The standard InChI is InChI=1S/C15H24ClN3/c1-11-9-13(7-8-19(11)4)17-14-10-12(16)5-6-15(14)18(2)3/h5-6,10-11,13,17H,7-9H2,1-4H3. The molecular weight excluding hydrogens is 258 g/mol.